The zero-order valence-electron chi connectivity index (χ0n) is 14.3. The van der Waals surface area contributed by atoms with Gasteiger partial charge in [0.15, 0.2) is 11.6 Å². The molecule has 2 heterocycles. The lowest BCUT2D eigenvalue weighted by Crippen LogP contribution is -2.16. The van der Waals surface area contributed by atoms with Crippen LogP contribution in [-0.4, -0.2) is 35.1 Å². The van der Waals surface area contributed by atoms with E-state index in [9.17, 15) is 10.1 Å². The second-order valence-corrected chi connectivity index (χ2v) is 6.93. The second kappa shape index (κ2) is 8.27. The van der Waals surface area contributed by atoms with Crippen molar-refractivity contribution in [2.75, 3.05) is 11.6 Å². The number of halogens is 1. The molecule has 0 spiro atoms. The highest BCUT2D eigenvalue weighted by molar-refractivity contribution is 7.99. The van der Waals surface area contributed by atoms with E-state index in [1.807, 2.05) is 0 Å². The maximum absolute atomic E-state index is 11.0. The number of aromatic nitrogens is 5. The van der Waals surface area contributed by atoms with Crippen molar-refractivity contribution in [3.63, 3.8) is 0 Å². The van der Waals surface area contributed by atoms with Crippen LogP contribution in [0.15, 0.2) is 35.6 Å². The van der Waals surface area contributed by atoms with Crippen molar-refractivity contribution in [3.05, 3.63) is 57.2 Å². The molecule has 0 aliphatic heterocycles. The summed E-state index contributed by atoms with van der Waals surface area (Å²) in [6.07, 6.45) is 1.25. The smallest absolute Gasteiger partial charge is 0.342 e. The molecule has 0 amide bonds. The molecule has 0 radical (unpaired) electrons. The molecule has 12 heteroatoms. The average Bonchev–Trinajstić information content (AvgIpc) is 3.18. The van der Waals surface area contributed by atoms with Crippen LogP contribution in [0.5, 0.6) is 5.75 Å². The molecule has 0 bridgehead atoms. The highest BCUT2D eigenvalue weighted by atomic mass is 35.5. The molecule has 1 aromatic carbocycles. The number of ether oxygens (including phenoxy) is 1. The van der Waals surface area contributed by atoms with Gasteiger partial charge in [0, 0.05) is 17.7 Å². The fraction of sp³-hybridized carbons (Fsp3) is 0.267. The Hall–Kier alpha value is -2.79. The number of nitro groups is 1. The summed E-state index contributed by atoms with van der Waals surface area (Å²) in [4.78, 5) is 14.5. The Morgan fingerprint density at radius 3 is 2.78 bits per heavy atom. The van der Waals surface area contributed by atoms with Gasteiger partial charge in [-0.15, -0.1) is 10.2 Å². The molecule has 0 aliphatic rings. The van der Waals surface area contributed by atoms with Crippen molar-refractivity contribution in [2.24, 2.45) is 0 Å². The van der Waals surface area contributed by atoms with Crippen LogP contribution in [0.3, 0.4) is 0 Å². The zero-order valence-corrected chi connectivity index (χ0v) is 15.9. The van der Waals surface area contributed by atoms with Gasteiger partial charge in [-0.25, -0.2) is 14.2 Å². The number of thioether (sulfide) groups is 1. The van der Waals surface area contributed by atoms with E-state index >= 15 is 0 Å². The number of benzene rings is 1. The van der Waals surface area contributed by atoms with Crippen LogP contribution in [0, 0.1) is 17.0 Å². The molecule has 0 saturated heterocycles. The molecule has 27 heavy (non-hydrogen) atoms. The van der Waals surface area contributed by atoms with Crippen LogP contribution in [0.4, 0.5) is 5.82 Å². The highest BCUT2D eigenvalue weighted by Gasteiger charge is 2.18. The van der Waals surface area contributed by atoms with E-state index in [0.717, 1.165) is 0 Å². The Kier molecular flexibility index (Phi) is 5.81. The first kappa shape index (κ1) is 19.0. The molecule has 0 atom stereocenters. The maximum atomic E-state index is 11.0. The third kappa shape index (κ3) is 4.49. The van der Waals surface area contributed by atoms with Gasteiger partial charge in [-0.1, -0.05) is 23.4 Å². The largest absolute Gasteiger partial charge is 0.486 e. The highest BCUT2D eigenvalue weighted by Crippen LogP contribution is 2.20. The number of nitrogen functional groups attached to an aromatic ring is 1. The number of hydrogen-bond acceptors (Lipinski definition) is 8. The predicted octanol–water partition coefficient (Wildman–Crippen LogP) is 2.43. The molecule has 0 saturated carbocycles. The fourth-order valence-corrected chi connectivity index (χ4v) is 3.21. The first-order valence-corrected chi connectivity index (χ1v) is 9.19. The van der Waals surface area contributed by atoms with E-state index in [0.29, 0.717) is 39.9 Å². The normalized spacial score (nSPS) is 10.9. The molecule has 0 fully saturated rings. The topological polar surface area (TPSA) is 127 Å². The Balaban J connectivity index is 1.57. The summed E-state index contributed by atoms with van der Waals surface area (Å²) >= 11 is 7.17. The van der Waals surface area contributed by atoms with Crippen molar-refractivity contribution >= 4 is 29.2 Å². The van der Waals surface area contributed by atoms with Gasteiger partial charge in [0.25, 0.3) is 0 Å². The SMILES string of the molecule is Cc1ncc([N+](=O)[O-])n1CCSc1nnc(COc2ccc(Cl)cc2)n1N. The summed E-state index contributed by atoms with van der Waals surface area (Å²) < 4.78 is 8.48. The van der Waals surface area contributed by atoms with Gasteiger partial charge in [-0.3, -0.25) is 0 Å². The van der Waals surface area contributed by atoms with E-state index in [1.165, 1.54) is 27.2 Å². The number of imidazole rings is 1. The maximum Gasteiger partial charge on any atom is 0.342 e. The zero-order chi connectivity index (χ0) is 19.4. The van der Waals surface area contributed by atoms with Crippen LogP contribution in [0.25, 0.3) is 0 Å². The molecule has 3 rings (SSSR count). The Labute approximate surface area is 163 Å². The quantitative estimate of drug-likeness (QED) is 0.260. The Morgan fingerprint density at radius 1 is 1.33 bits per heavy atom. The minimum Gasteiger partial charge on any atom is -0.486 e. The van der Waals surface area contributed by atoms with Gasteiger partial charge in [0.05, 0.1) is 0 Å². The minimum atomic E-state index is -0.456. The third-order valence-electron chi connectivity index (χ3n) is 3.68. The molecule has 2 N–H and O–H groups in total. The van der Waals surface area contributed by atoms with Crippen LogP contribution >= 0.6 is 23.4 Å². The van der Waals surface area contributed by atoms with Gasteiger partial charge in [0.1, 0.15) is 25.1 Å². The van der Waals surface area contributed by atoms with E-state index in [2.05, 4.69) is 15.2 Å². The van der Waals surface area contributed by atoms with Crippen LogP contribution < -0.4 is 10.6 Å². The summed E-state index contributed by atoms with van der Waals surface area (Å²) in [5, 5.41) is 20.2. The Bertz CT molecular complexity index is 942. The number of nitrogens with two attached hydrogens (primary N) is 1. The number of hydrogen-bond donors (Lipinski definition) is 1. The molecule has 0 unspecified atom stereocenters. The summed E-state index contributed by atoms with van der Waals surface area (Å²) in [5.41, 5.74) is 0. The molecule has 2 aromatic heterocycles. The lowest BCUT2D eigenvalue weighted by atomic mass is 10.3. The first-order chi connectivity index (χ1) is 13.0. The van der Waals surface area contributed by atoms with Crippen molar-refractivity contribution in [3.8, 4) is 5.75 Å². The molecule has 10 nitrogen and oxygen atoms in total. The summed E-state index contributed by atoms with van der Waals surface area (Å²) in [5.74, 6) is 8.15. The fourth-order valence-electron chi connectivity index (χ4n) is 2.29. The van der Waals surface area contributed by atoms with E-state index in [1.54, 1.807) is 31.2 Å². The summed E-state index contributed by atoms with van der Waals surface area (Å²) in [6, 6.07) is 6.94. The molecule has 0 aliphatic carbocycles. The standard InChI is InChI=1S/C15H16ClN7O3S/c1-10-18-8-14(23(24)25)21(10)6-7-27-15-20-19-13(22(15)17)9-26-12-4-2-11(16)3-5-12/h2-5,8H,6-7,9,17H2,1H3. The van der Waals surface area contributed by atoms with Crippen molar-refractivity contribution in [1.29, 1.82) is 0 Å². The van der Waals surface area contributed by atoms with Gasteiger partial charge in [-0.05, 0) is 29.2 Å². The summed E-state index contributed by atoms with van der Waals surface area (Å²) in [7, 11) is 0. The number of nitrogens with zero attached hydrogens (tertiary/aromatic N) is 6. The van der Waals surface area contributed by atoms with Crippen molar-refractivity contribution in [1.82, 2.24) is 24.4 Å². The lowest BCUT2D eigenvalue weighted by molar-refractivity contribution is -0.392. The third-order valence-corrected chi connectivity index (χ3v) is 4.86. The predicted molar refractivity (Wildman–Crippen MR) is 100 cm³/mol. The van der Waals surface area contributed by atoms with Gasteiger partial charge in [-0.2, -0.15) is 0 Å². The lowest BCUT2D eigenvalue weighted by Gasteiger charge is -2.06. The van der Waals surface area contributed by atoms with Crippen LogP contribution in [-0.2, 0) is 13.2 Å². The molecule has 3 aromatic rings. The van der Waals surface area contributed by atoms with E-state index in [-0.39, 0.29) is 12.4 Å². The molecular weight excluding hydrogens is 394 g/mol. The number of aryl methyl sites for hydroxylation is 1. The van der Waals surface area contributed by atoms with Crippen molar-refractivity contribution in [2.45, 2.75) is 25.2 Å². The van der Waals surface area contributed by atoms with Crippen LogP contribution in [0.2, 0.25) is 5.02 Å². The van der Waals surface area contributed by atoms with Gasteiger partial charge in [0.2, 0.25) is 5.16 Å². The van der Waals surface area contributed by atoms with Gasteiger partial charge < -0.3 is 20.7 Å². The first-order valence-electron chi connectivity index (χ1n) is 7.82. The monoisotopic (exact) mass is 409 g/mol. The van der Waals surface area contributed by atoms with E-state index < -0.39 is 4.92 Å². The second-order valence-electron chi connectivity index (χ2n) is 5.43. The van der Waals surface area contributed by atoms with E-state index in [4.69, 9.17) is 22.2 Å². The molecule has 142 valence electrons. The minimum absolute atomic E-state index is 0.0423. The number of rotatable bonds is 8. The molecular formula is C15H16ClN7O3S. The average molecular weight is 410 g/mol. The van der Waals surface area contributed by atoms with Crippen molar-refractivity contribution < 1.29 is 9.66 Å². The Morgan fingerprint density at radius 2 is 2.07 bits per heavy atom. The van der Waals surface area contributed by atoms with Gasteiger partial charge >= 0.3 is 5.82 Å². The van der Waals surface area contributed by atoms with Crippen LogP contribution in [0.1, 0.15) is 11.6 Å². The summed E-state index contributed by atoms with van der Waals surface area (Å²) in [6.45, 7) is 2.27.